The summed E-state index contributed by atoms with van der Waals surface area (Å²) in [5, 5.41) is 0. The van der Waals surface area contributed by atoms with Crippen LogP contribution in [0.5, 0.6) is 0 Å². The van der Waals surface area contributed by atoms with Crippen LogP contribution in [0.15, 0.2) is 24.3 Å². The Labute approximate surface area is 115 Å². The van der Waals surface area contributed by atoms with Crippen LogP contribution >= 0.6 is 0 Å². The first-order valence-electron chi connectivity index (χ1n) is 6.97. The number of carbonyl (C=O) groups excluding carboxylic acids is 1. The van der Waals surface area contributed by atoms with E-state index < -0.39 is 5.60 Å². The molecule has 1 aliphatic heterocycles. The van der Waals surface area contributed by atoms with Crippen LogP contribution < -0.4 is 0 Å². The minimum Gasteiger partial charge on any atom is -0.444 e. The van der Waals surface area contributed by atoms with E-state index in [0.717, 1.165) is 12.8 Å². The summed E-state index contributed by atoms with van der Waals surface area (Å²) in [5.41, 5.74) is 2.15. The number of nitrogens with zero attached hydrogens (tertiary/aromatic N) is 1. The first-order valence-corrected chi connectivity index (χ1v) is 6.97. The van der Waals surface area contributed by atoms with Crippen LogP contribution in [0.4, 0.5) is 4.79 Å². The highest BCUT2D eigenvalue weighted by Crippen LogP contribution is 2.26. The minimum absolute atomic E-state index is 0.200. The monoisotopic (exact) mass is 261 g/mol. The van der Waals surface area contributed by atoms with Crippen molar-refractivity contribution in [2.75, 3.05) is 0 Å². The maximum atomic E-state index is 12.3. The lowest BCUT2D eigenvalue weighted by Crippen LogP contribution is -2.46. The molecule has 1 amide bonds. The molecule has 1 heterocycles. The second kappa shape index (κ2) is 5.24. The predicted molar refractivity (Wildman–Crippen MR) is 76.0 cm³/mol. The Hall–Kier alpha value is -1.51. The molecule has 1 aromatic carbocycles. The first-order chi connectivity index (χ1) is 8.90. The number of rotatable bonds is 1. The van der Waals surface area contributed by atoms with Gasteiger partial charge in [0.2, 0.25) is 0 Å². The molecule has 1 unspecified atom stereocenters. The average Bonchev–Trinajstić information content (AvgIpc) is 2.35. The van der Waals surface area contributed by atoms with Gasteiger partial charge < -0.3 is 9.64 Å². The van der Waals surface area contributed by atoms with Gasteiger partial charge in [-0.05, 0) is 44.7 Å². The summed E-state index contributed by atoms with van der Waals surface area (Å²) in [6.45, 7) is 8.50. The molecular weight excluding hydrogens is 238 g/mol. The van der Waals surface area contributed by atoms with Crippen molar-refractivity contribution in [1.29, 1.82) is 0 Å². The van der Waals surface area contributed by atoms with E-state index in [2.05, 4.69) is 25.1 Å². The highest BCUT2D eigenvalue weighted by atomic mass is 16.6. The lowest BCUT2D eigenvalue weighted by atomic mass is 9.93. The topological polar surface area (TPSA) is 29.5 Å². The van der Waals surface area contributed by atoms with Gasteiger partial charge in [-0.3, -0.25) is 0 Å². The fourth-order valence-electron chi connectivity index (χ4n) is 2.49. The van der Waals surface area contributed by atoms with E-state index in [1.165, 1.54) is 11.1 Å². The Morgan fingerprint density at radius 2 is 1.95 bits per heavy atom. The smallest absolute Gasteiger partial charge is 0.410 e. The quantitative estimate of drug-likeness (QED) is 0.770. The van der Waals surface area contributed by atoms with E-state index in [1.807, 2.05) is 31.7 Å². The predicted octanol–water partition coefficient (Wildman–Crippen LogP) is 3.76. The molecule has 1 atom stereocenters. The highest BCUT2D eigenvalue weighted by Gasteiger charge is 2.31. The normalized spacial score (nSPS) is 18.9. The zero-order valence-electron chi connectivity index (χ0n) is 12.3. The van der Waals surface area contributed by atoms with Gasteiger partial charge in [-0.25, -0.2) is 4.79 Å². The molecule has 0 fully saturated rings. The van der Waals surface area contributed by atoms with E-state index in [1.54, 1.807) is 0 Å². The van der Waals surface area contributed by atoms with Crippen molar-refractivity contribution in [2.45, 2.75) is 58.7 Å². The van der Waals surface area contributed by atoms with Gasteiger partial charge in [0, 0.05) is 12.6 Å². The van der Waals surface area contributed by atoms with Gasteiger partial charge in [0.15, 0.2) is 0 Å². The third kappa shape index (κ3) is 3.28. The number of fused-ring (bicyclic) bond motifs is 1. The number of ether oxygens (including phenoxy) is 1. The second-order valence-electron chi connectivity index (χ2n) is 6.14. The molecular formula is C16H23NO2. The number of hydrogen-bond acceptors (Lipinski definition) is 2. The Bertz CT molecular complexity index is 462. The van der Waals surface area contributed by atoms with Crippen molar-refractivity contribution in [1.82, 2.24) is 4.90 Å². The maximum Gasteiger partial charge on any atom is 0.410 e. The van der Waals surface area contributed by atoms with Crippen molar-refractivity contribution < 1.29 is 9.53 Å². The fraction of sp³-hybridized carbons (Fsp3) is 0.562. The highest BCUT2D eigenvalue weighted by molar-refractivity contribution is 5.69. The van der Waals surface area contributed by atoms with Crippen molar-refractivity contribution >= 4 is 6.09 Å². The number of benzene rings is 1. The molecule has 0 saturated carbocycles. The Morgan fingerprint density at radius 1 is 1.32 bits per heavy atom. The van der Waals surface area contributed by atoms with Crippen molar-refractivity contribution in [2.24, 2.45) is 0 Å². The molecule has 1 aliphatic rings. The molecule has 1 aromatic rings. The zero-order chi connectivity index (χ0) is 14.0. The van der Waals surface area contributed by atoms with E-state index >= 15 is 0 Å². The molecule has 0 bridgehead atoms. The summed E-state index contributed by atoms with van der Waals surface area (Å²) < 4.78 is 5.51. The molecule has 0 aliphatic carbocycles. The molecule has 3 nitrogen and oxygen atoms in total. The van der Waals surface area contributed by atoms with Crippen LogP contribution in [-0.4, -0.2) is 22.6 Å². The van der Waals surface area contributed by atoms with E-state index in [0.29, 0.717) is 6.54 Å². The molecule has 0 radical (unpaired) electrons. The molecule has 0 N–H and O–H groups in total. The van der Waals surface area contributed by atoms with Crippen molar-refractivity contribution in [3.8, 4) is 0 Å². The Kier molecular flexibility index (Phi) is 3.83. The summed E-state index contributed by atoms with van der Waals surface area (Å²) in [6.07, 6.45) is 1.67. The SMILES string of the molecule is CCC1Cc2ccccc2CN1C(=O)OC(C)(C)C. The standard InChI is InChI=1S/C16H23NO2/c1-5-14-10-12-8-6-7-9-13(12)11-17(14)15(18)19-16(2,3)4/h6-9,14H,5,10-11H2,1-4H3. The van der Waals surface area contributed by atoms with E-state index in [-0.39, 0.29) is 12.1 Å². The summed E-state index contributed by atoms with van der Waals surface area (Å²) >= 11 is 0. The summed E-state index contributed by atoms with van der Waals surface area (Å²) in [6, 6.07) is 8.58. The molecule has 0 spiro atoms. The molecule has 3 heteroatoms. The first kappa shape index (κ1) is 13.9. The molecule has 0 saturated heterocycles. The molecule has 2 rings (SSSR count). The number of hydrogen-bond donors (Lipinski definition) is 0. The van der Waals surface area contributed by atoms with Gasteiger partial charge in [-0.1, -0.05) is 31.2 Å². The fourth-order valence-corrected chi connectivity index (χ4v) is 2.49. The van der Waals surface area contributed by atoms with Crippen LogP contribution in [0, 0.1) is 0 Å². The van der Waals surface area contributed by atoms with Crippen LogP contribution in [-0.2, 0) is 17.7 Å². The summed E-state index contributed by atoms with van der Waals surface area (Å²) in [5.74, 6) is 0. The van der Waals surface area contributed by atoms with Crippen LogP contribution in [0.3, 0.4) is 0 Å². The van der Waals surface area contributed by atoms with Gasteiger partial charge in [-0.2, -0.15) is 0 Å². The Balaban J connectivity index is 2.19. The third-order valence-electron chi connectivity index (χ3n) is 3.45. The number of carbonyl (C=O) groups is 1. The van der Waals surface area contributed by atoms with Crippen LogP contribution in [0.1, 0.15) is 45.2 Å². The maximum absolute atomic E-state index is 12.3. The van der Waals surface area contributed by atoms with Crippen molar-refractivity contribution in [3.63, 3.8) is 0 Å². The largest absolute Gasteiger partial charge is 0.444 e. The van der Waals surface area contributed by atoms with Gasteiger partial charge in [-0.15, -0.1) is 0 Å². The van der Waals surface area contributed by atoms with Crippen molar-refractivity contribution in [3.05, 3.63) is 35.4 Å². The molecule has 104 valence electrons. The second-order valence-corrected chi connectivity index (χ2v) is 6.14. The van der Waals surface area contributed by atoms with Gasteiger partial charge in [0.1, 0.15) is 5.60 Å². The molecule has 19 heavy (non-hydrogen) atoms. The zero-order valence-corrected chi connectivity index (χ0v) is 12.3. The van der Waals surface area contributed by atoms with E-state index in [9.17, 15) is 4.79 Å². The van der Waals surface area contributed by atoms with Crippen LogP contribution in [0.2, 0.25) is 0 Å². The summed E-state index contributed by atoms with van der Waals surface area (Å²) in [7, 11) is 0. The number of amides is 1. The van der Waals surface area contributed by atoms with Gasteiger partial charge in [0.05, 0.1) is 0 Å². The average molecular weight is 261 g/mol. The summed E-state index contributed by atoms with van der Waals surface area (Å²) in [4.78, 5) is 14.2. The molecule has 0 aromatic heterocycles. The lowest BCUT2D eigenvalue weighted by molar-refractivity contribution is 0.0115. The van der Waals surface area contributed by atoms with E-state index in [4.69, 9.17) is 4.74 Å². The van der Waals surface area contributed by atoms with Gasteiger partial charge in [0.25, 0.3) is 0 Å². The van der Waals surface area contributed by atoms with Gasteiger partial charge >= 0.3 is 6.09 Å². The third-order valence-corrected chi connectivity index (χ3v) is 3.45. The lowest BCUT2D eigenvalue weighted by Gasteiger charge is -2.37. The van der Waals surface area contributed by atoms with Crippen LogP contribution in [0.25, 0.3) is 0 Å². The minimum atomic E-state index is -0.438. The Morgan fingerprint density at radius 3 is 2.53 bits per heavy atom.